The van der Waals surface area contributed by atoms with Crippen LogP contribution in [0.1, 0.15) is 16.1 Å². The lowest BCUT2D eigenvalue weighted by Crippen LogP contribution is -2.21. The summed E-state index contributed by atoms with van der Waals surface area (Å²) >= 11 is 7.74. The number of halogens is 1. The Morgan fingerprint density at radius 2 is 2.04 bits per heavy atom. The normalized spacial score (nSPS) is 10.8. The van der Waals surface area contributed by atoms with Crippen molar-refractivity contribution < 1.29 is 4.79 Å². The van der Waals surface area contributed by atoms with Crippen molar-refractivity contribution in [2.75, 3.05) is 5.32 Å². The number of hydrogen-bond acceptors (Lipinski definition) is 4. The monoisotopic (exact) mass is 410 g/mol. The summed E-state index contributed by atoms with van der Waals surface area (Å²) in [5.41, 5.74) is 2.19. The highest BCUT2D eigenvalue weighted by atomic mass is 35.5. The molecule has 4 rings (SSSR count). The molecule has 2 N–H and O–H groups in total. The highest BCUT2D eigenvalue weighted by molar-refractivity contribution is 7.13. The van der Waals surface area contributed by atoms with Gasteiger partial charge in [0.25, 0.3) is 11.5 Å². The number of aromatic nitrogens is 3. The number of amides is 1. The van der Waals surface area contributed by atoms with Crippen LogP contribution in [-0.4, -0.2) is 20.7 Å². The molecule has 1 aromatic carbocycles. The second-order valence-electron chi connectivity index (χ2n) is 6.07. The lowest BCUT2D eigenvalue weighted by Gasteiger charge is -2.10. The average Bonchev–Trinajstić information content (AvgIpc) is 3.37. The van der Waals surface area contributed by atoms with Crippen LogP contribution < -0.4 is 10.9 Å². The number of carbonyl (C=O) groups is 1. The van der Waals surface area contributed by atoms with Gasteiger partial charge in [0.2, 0.25) is 0 Å². The quantitative estimate of drug-likeness (QED) is 0.516. The van der Waals surface area contributed by atoms with E-state index < -0.39 is 0 Å². The van der Waals surface area contributed by atoms with Gasteiger partial charge in [-0.25, -0.2) is 0 Å². The van der Waals surface area contributed by atoms with E-state index >= 15 is 0 Å². The Morgan fingerprint density at radius 1 is 1.18 bits per heavy atom. The summed E-state index contributed by atoms with van der Waals surface area (Å²) in [7, 11) is 0. The van der Waals surface area contributed by atoms with Gasteiger partial charge < -0.3 is 9.88 Å². The van der Waals surface area contributed by atoms with E-state index in [4.69, 9.17) is 11.6 Å². The Kier molecular flexibility index (Phi) is 5.10. The summed E-state index contributed by atoms with van der Waals surface area (Å²) in [4.78, 5) is 25.7. The maximum Gasteiger partial charge on any atom is 0.276 e. The van der Waals surface area contributed by atoms with Crippen LogP contribution in [0.25, 0.3) is 10.6 Å². The number of carbonyl (C=O) groups excluding carboxylic acids is 1. The van der Waals surface area contributed by atoms with Crippen LogP contribution in [0.4, 0.5) is 5.69 Å². The second-order valence-corrected chi connectivity index (χ2v) is 7.43. The first-order valence-electron chi connectivity index (χ1n) is 8.45. The zero-order chi connectivity index (χ0) is 19.5. The molecule has 0 saturated heterocycles. The van der Waals surface area contributed by atoms with Crippen molar-refractivity contribution in [2.45, 2.75) is 6.54 Å². The molecule has 0 aliphatic carbocycles. The number of nitrogens with zero attached hydrogens (tertiary/aromatic N) is 2. The van der Waals surface area contributed by atoms with Crippen molar-refractivity contribution in [1.29, 1.82) is 0 Å². The number of anilines is 1. The van der Waals surface area contributed by atoms with Crippen LogP contribution >= 0.6 is 22.9 Å². The smallest absolute Gasteiger partial charge is 0.276 e. The van der Waals surface area contributed by atoms with Crippen LogP contribution in [0.2, 0.25) is 5.02 Å². The summed E-state index contributed by atoms with van der Waals surface area (Å²) in [6, 6.07) is 15.9. The third-order valence-electron chi connectivity index (χ3n) is 4.14. The Balaban J connectivity index is 1.53. The number of pyridine rings is 1. The molecule has 0 bridgehead atoms. The minimum Gasteiger partial charge on any atom is -0.319 e. The first-order chi connectivity index (χ1) is 13.6. The largest absolute Gasteiger partial charge is 0.319 e. The third kappa shape index (κ3) is 3.90. The fourth-order valence-electron chi connectivity index (χ4n) is 2.73. The SMILES string of the molecule is O=C(Nc1ccc(=O)n(Cc2ccccc2Cl)c1)c1cc(-c2cccs2)[nH]n1. The van der Waals surface area contributed by atoms with Crippen molar-refractivity contribution >= 4 is 34.5 Å². The number of hydrogen-bond donors (Lipinski definition) is 2. The Bertz CT molecular complexity index is 1180. The van der Waals surface area contributed by atoms with E-state index in [0.717, 1.165) is 16.1 Å². The van der Waals surface area contributed by atoms with Gasteiger partial charge in [0.05, 0.1) is 22.8 Å². The molecule has 0 aliphatic heterocycles. The van der Waals surface area contributed by atoms with Crippen molar-refractivity contribution in [3.8, 4) is 10.6 Å². The van der Waals surface area contributed by atoms with Gasteiger partial charge in [-0.05, 0) is 35.2 Å². The van der Waals surface area contributed by atoms with E-state index in [0.29, 0.717) is 17.3 Å². The number of aromatic amines is 1. The van der Waals surface area contributed by atoms with Crippen molar-refractivity contribution in [2.24, 2.45) is 0 Å². The van der Waals surface area contributed by atoms with E-state index in [2.05, 4.69) is 15.5 Å². The summed E-state index contributed by atoms with van der Waals surface area (Å²) in [5.74, 6) is -0.359. The van der Waals surface area contributed by atoms with E-state index in [1.807, 2.05) is 35.7 Å². The van der Waals surface area contributed by atoms with Gasteiger partial charge in [0.1, 0.15) is 0 Å². The number of benzene rings is 1. The molecule has 0 fully saturated rings. The first kappa shape index (κ1) is 18.2. The molecule has 8 heteroatoms. The highest BCUT2D eigenvalue weighted by Gasteiger charge is 2.13. The lowest BCUT2D eigenvalue weighted by molar-refractivity contribution is 0.102. The summed E-state index contributed by atoms with van der Waals surface area (Å²) < 4.78 is 1.50. The Labute approximate surface area is 169 Å². The molecule has 28 heavy (non-hydrogen) atoms. The predicted molar refractivity (Wildman–Crippen MR) is 111 cm³/mol. The Hall–Kier alpha value is -3.16. The van der Waals surface area contributed by atoms with Crippen LogP contribution in [0.3, 0.4) is 0 Å². The first-order valence-corrected chi connectivity index (χ1v) is 9.70. The number of H-pyrrole nitrogens is 1. The maximum absolute atomic E-state index is 12.5. The van der Waals surface area contributed by atoms with Gasteiger partial charge in [0, 0.05) is 17.3 Å². The van der Waals surface area contributed by atoms with Crippen LogP contribution in [0.5, 0.6) is 0 Å². The van der Waals surface area contributed by atoms with Crippen molar-refractivity contribution in [3.63, 3.8) is 0 Å². The minimum absolute atomic E-state index is 0.183. The topological polar surface area (TPSA) is 79.8 Å². The van der Waals surface area contributed by atoms with Gasteiger partial charge in [-0.15, -0.1) is 11.3 Å². The second kappa shape index (κ2) is 7.84. The maximum atomic E-state index is 12.5. The molecule has 0 saturated carbocycles. The fraction of sp³-hybridized carbons (Fsp3) is 0.0500. The molecule has 0 radical (unpaired) electrons. The third-order valence-corrected chi connectivity index (χ3v) is 5.41. The standard InChI is InChI=1S/C20H15ClN4O2S/c21-15-5-2-1-4-13(15)11-25-12-14(7-8-19(25)26)22-20(27)17-10-16(23-24-17)18-6-3-9-28-18/h1-10,12H,11H2,(H,22,27)(H,23,24). The molecule has 3 heterocycles. The van der Waals surface area contributed by atoms with Crippen LogP contribution in [0, 0.1) is 0 Å². The molecule has 0 aliphatic rings. The summed E-state index contributed by atoms with van der Waals surface area (Å²) in [6.45, 7) is 0.313. The van der Waals surface area contributed by atoms with Crippen molar-refractivity contribution in [1.82, 2.24) is 14.8 Å². The number of rotatable bonds is 5. The number of thiophene rings is 1. The van der Waals surface area contributed by atoms with Crippen LogP contribution in [0.15, 0.2) is 71.0 Å². The van der Waals surface area contributed by atoms with E-state index in [1.165, 1.54) is 10.6 Å². The molecule has 0 atom stereocenters. The van der Waals surface area contributed by atoms with Gasteiger partial charge in [0.15, 0.2) is 5.69 Å². The van der Waals surface area contributed by atoms with E-state index in [9.17, 15) is 9.59 Å². The molecule has 6 nitrogen and oxygen atoms in total. The number of nitrogens with one attached hydrogen (secondary N) is 2. The zero-order valence-electron chi connectivity index (χ0n) is 14.6. The predicted octanol–water partition coefficient (Wildman–Crippen LogP) is 4.25. The molecule has 0 spiro atoms. The van der Waals surface area contributed by atoms with Gasteiger partial charge in [-0.2, -0.15) is 5.10 Å². The van der Waals surface area contributed by atoms with Crippen molar-refractivity contribution in [3.05, 3.63) is 92.8 Å². The van der Waals surface area contributed by atoms with Crippen LogP contribution in [-0.2, 0) is 6.54 Å². The molecule has 0 unspecified atom stereocenters. The van der Waals surface area contributed by atoms with Gasteiger partial charge in [-0.1, -0.05) is 35.9 Å². The fourth-order valence-corrected chi connectivity index (χ4v) is 3.62. The molecular formula is C20H15ClN4O2S. The Morgan fingerprint density at radius 3 is 2.82 bits per heavy atom. The molecular weight excluding hydrogens is 396 g/mol. The van der Waals surface area contributed by atoms with E-state index in [-0.39, 0.29) is 17.2 Å². The van der Waals surface area contributed by atoms with Gasteiger partial charge in [-0.3, -0.25) is 14.7 Å². The van der Waals surface area contributed by atoms with Gasteiger partial charge >= 0.3 is 0 Å². The van der Waals surface area contributed by atoms with E-state index in [1.54, 1.807) is 35.7 Å². The minimum atomic E-state index is -0.359. The summed E-state index contributed by atoms with van der Waals surface area (Å²) in [6.07, 6.45) is 1.59. The average molecular weight is 411 g/mol. The molecule has 4 aromatic rings. The molecule has 1 amide bonds. The molecule has 3 aromatic heterocycles. The zero-order valence-corrected chi connectivity index (χ0v) is 16.1. The molecule has 140 valence electrons. The lowest BCUT2D eigenvalue weighted by atomic mass is 10.2. The highest BCUT2D eigenvalue weighted by Crippen LogP contribution is 2.23. The summed E-state index contributed by atoms with van der Waals surface area (Å²) in [5, 5.41) is 12.3.